The molecule has 2 aliphatic rings. The lowest BCUT2D eigenvalue weighted by Crippen LogP contribution is -2.32. The molecule has 5 heterocycles. The van der Waals surface area contributed by atoms with Crippen LogP contribution in [0.2, 0.25) is 0 Å². The Morgan fingerprint density at radius 2 is 2.03 bits per heavy atom. The minimum absolute atomic E-state index is 0.617. The maximum absolute atomic E-state index is 6.13. The first-order valence-corrected chi connectivity index (χ1v) is 11.6. The van der Waals surface area contributed by atoms with Crippen LogP contribution in [0.4, 0.5) is 0 Å². The average Bonchev–Trinajstić information content (AvgIpc) is 3.39. The summed E-state index contributed by atoms with van der Waals surface area (Å²) in [6.07, 6.45) is 7.00. The van der Waals surface area contributed by atoms with Crippen LogP contribution in [-0.2, 0) is 13.0 Å². The zero-order chi connectivity index (χ0) is 21.7. The van der Waals surface area contributed by atoms with E-state index in [4.69, 9.17) is 4.74 Å². The van der Waals surface area contributed by atoms with E-state index in [1.165, 1.54) is 46.3 Å². The van der Waals surface area contributed by atoms with Crippen molar-refractivity contribution in [3.05, 3.63) is 65.0 Å². The molecule has 0 amide bonds. The SMILES string of the molecule is Cc1cc2c(c(C)n1)OCCc1c-2[nH]c2ccc(C3CCN(Cc4cnc[nH]4)CC3)cc12. The maximum Gasteiger partial charge on any atom is 0.149 e. The highest BCUT2D eigenvalue weighted by atomic mass is 16.5. The summed E-state index contributed by atoms with van der Waals surface area (Å²) < 4.78 is 6.13. The third-order valence-corrected chi connectivity index (χ3v) is 7.08. The van der Waals surface area contributed by atoms with Crippen LogP contribution in [-0.4, -0.2) is 44.5 Å². The molecule has 0 aliphatic carbocycles. The Hall–Kier alpha value is -3.12. The van der Waals surface area contributed by atoms with Gasteiger partial charge in [0.05, 0.1) is 24.3 Å². The number of piperidine rings is 1. The summed E-state index contributed by atoms with van der Waals surface area (Å²) in [6.45, 7) is 7.99. The van der Waals surface area contributed by atoms with Crippen LogP contribution >= 0.6 is 0 Å². The number of nitrogens with zero attached hydrogens (tertiary/aromatic N) is 3. The van der Waals surface area contributed by atoms with Gasteiger partial charge in [-0.2, -0.15) is 0 Å². The quantitative estimate of drug-likeness (QED) is 0.489. The highest BCUT2D eigenvalue weighted by Gasteiger charge is 2.25. The van der Waals surface area contributed by atoms with Crippen LogP contribution in [0.1, 0.15) is 47.0 Å². The first-order valence-electron chi connectivity index (χ1n) is 11.6. The van der Waals surface area contributed by atoms with Gasteiger partial charge < -0.3 is 14.7 Å². The molecule has 1 saturated heterocycles. The standard InChI is InChI=1S/C26H29N5O/c1-16-11-23-25-21(7-10-32-26(23)17(2)29-16)22-12-19(3-4-24(22)30-25)18-5-8-31(9-6-18)14-20-13-27-15-28-20/h3-4,11-13,15,18,30H,5-10,14H2,1-2H3,(H,27,28). The van der Waals surface area contributed by atoms with Crippen molar-refractivity contribution in [3.63, 3.8) is 0 Å². The second kappa shape index (κ2) is 7.78. The summed E-state index contributed by atoms with van der Waals surface area (Å²) in [5.41, 5.74) is 9.60. The Morgan fingerprint density at radius 3 is 2.84 bits per heavy atom. The average molecular weight is 428 g/mol. The summed E-state index contributed by atoms with van der Waals surface area (Å²) >= 11 is 0. The number of aryl methyl sites for hydroxylation is 2. The van der Waals surface area contributed by atoms with E-state index < -0.39 is 0 Å². The van der Waals surface area contributed by atoms with Gasteiger partial charge in [-0.15, -0.1) is 0 Å². The van der Waals surface area contributed by atoms with E-state index in [2.05, 4.69) is 56.0 Å². The van der Waals surface area contributed by atoms with Crippen LogP contribution in [0, 0.1) is 13.8 Å². The second-order valence-corrected chi connectivity index (χ2v) is 9.24. The topological polar surface area (TPSA) is 69.8 Å². The molecule has 3 aromatic heterocycles. The summed E-state index contributed by atoms with van der Waals surface area (Å²) in [5.74, 6) is 1.54. The predicted octanol–water partition coefficient (Wildman–Crippen LogP) is 4.88. The molecule has 2 aliphatic heterocycles. The first kappa shape index (κ1) is 19.6. The van der Waals surface area contributed by atoms with E-state index in [0.29, 0.717) is 12.5 Å². The minimum Gasteiger partial charge on any atom is -0.491 e. The lowest BCUT2D eigenvalue weighted by molar-refractivity contribution is 0.203. The Bertz CT molecular complexity index is 1270. The van der Waals surface area contributed by atoms with Crippen LogP contribution in [0.15, 0.2) is 36.8 Å². The molecule has 0 unspecified atom stereocenters. The molecule has 0 radical (unpaired) electrons. The van der Waals surface area contributed by atoms with E-state index in [9.17, 15) is 0 Å². The highest BCUT2D eigenvalue weighted by molar-refractivity contribution is 5.93. The normalized spacial score (nSPS) is 17.1. The zero-order valence-electron chi connectivity index (χ0n) is 18.7. The smallest absolute Gasteiger partial charge is 0.149 e. The molecule has 164 valence electrons. The van der Waals surface area contributed by atoms with Gasteiger partial charge in [0, 0.05) is 47.0 Å². The van der Waals surface area contributed by atoms with Gasteiger partial charge >= 0.3 is 0 Å². The van der Waals surface area contributed by atoms with Crippen molar-refractivity contribution in [1.82, 2.24) is 24.8 Å². The maximum atomic E-state index is 6.13. The van der Waals surface area contributed by atoms with E-state index in [1.807, 2.05) is 13.1 Å². The van der Waals surface area contributed by atoms with Crippen molar-refractivity contribution >= 4 is 10.9 Å². The van der Waals surface area contributed by atoms with Gasteiger partial charge in [0.2, 0.25) is 0 Å². The number of nitrogens with one attached hydrogen (secondary N) is 2. The fourth-order valence-electron chi connectivity index (χ4n) is 5.49. The van der Waals surface area contributed by atoms with Crippen LogP contribution in [0.25, 0.3) is 22.2 Å². The number of H-pyrrole nitrogens is 2. The lowest BCUT2D eigenvalue weighted by atomic mass is 9.88. The Morgan fingerprint density at radius 1 is 1.16 bits per heavy atom. The van der Waals surface area contributed by atoms with Gasteiger partial charge in [-0.1, -0.05) is 6.07 Å². The number of imidazole rings is 1. The summed E-state index contributed by atoms with van der Waals surface area (Å²) in [4.78, 5) is 18.2. The monoisotopic (exact) mass is 427 g/mol. The van der Waals surface area contributed by atoms with Gasteiger partial charge in [-0.25, -0.2) is 4.98 Å². The Labute approximate surface area is 188 Å². The minimum atomic E-state index is 0.617. The van der Waals surface area contributed by atoms with Crippen LogP contribution in [0.3, 0.4) is 0 Å². The third kappa shape index (κ3) is 3.39. The molecule has 6 rings (SSSR count). The first-order chi connectivity index (χ1) is 15.7. The van der Waals surface area contributed by atoms with E-state index in [0.717, 1.165) is 48.8 Å². The van der Waals surface area contributed by atoms with Crippen molar-refractivity contribution < 1.29 is 4.74 Å². The Balaban J connectivity index is 1.29. The third-order valence-electron chi connectivity index (χ3n) is 7.08. The Kier molecular flexibility index (Phi) is 4.76. The molecule has 0 saturated carbocycles. The van der Waals surface area contributed by atoms with Crippen molar-refractivity contribution in [2.75, 3.05) is 19.7 Å². The molecule has 1 aromatic carbocycles. The van der Waals surface area contributed by atoms with E-state index in [1.54, 1.807) is 6.33 Å². The summed E-state index contributed by atoms with van der Waals surface area (Å²) in [5, 5.41) is 1.35. The van der Waals surface area contributed by atoms with E-state index >= 15 is 0 Å². The number of aromatic amines is 2. The van der Waals surface area contributed by atoms with Gasteiger partial charge in [0.25, 0.3) is 0 Å². The molecule has 0 atom stereocenters. The largest absolute Gasteiger partial charge is 0.491 e. The van der Waals surface area contributed by atoms with Crippen LogP contribution in [0.5, 0.6) is 5.75 Å². The molecule has 0 bridgehead atoms. The van der Waals surface area contributed by atoms with Gasteiger partial charge in [0.1, 0.15) is 5.75 Å². The van der Waals surface area contributed by atoms with Crippen molar-refractivity contribution in [2.45, 2.75) is 45.6 Å². The molecule has 4 aromatic rings. The molecule has 6 nitrogen and oxygen atoms in total. The molecule has 32 heavy (non-hydrogen) atoms. The van der Waals surface area contributed by atoms with Gasteiger partial charge in [-0.3, -0.25) is 9.88 Å². The van der Waals surface area contributed by atoms with Gasteiger partial charge in [-0.05, 0) is 75.0 Å². The molecule has 6 heteroatoms. The number of hydrogen-bond acceptors (Lipinski definition) is 4. The van der Waals surface area contributed by atoms with E-state index in [-0.39, 0.29) is 0 Å². The number of pyridine rings is 1. The van der Waals surface area contributed by atoms with Crippen molar-refractivity contribution in [3.8, 4) is 17.0 Å². The number of hydrogen-bond donors (Lipinski definition) is 2. The molecule has 2 N–H and O–H groups in total. The number of benzene rings is 1. The predicted molar refractivity (Wildman–Crippen MR) is 126 cm³/mol. The zero-order valence-corrected chi connectivity index (χ0v) is 18.7. The number of aromatic nitrogens is 4. The molecule has 1 fully saturated rings. The fraction of sp³-hybridized carbons (Fsp3) is 0.385. The van der Waals surface area contributed by atoms with Gasteiger partial charge in [0.15, 0.2) is 0 Å². The molecular weight excluding hydrogens is 398 g/mol. The molecular formula is C26H29N5O. The number of rotatable bonds is 3. The number of likely N-dealkylation sites (tertiary alicyclic amines) is 1. The van der Waals surface area contributed by atoms with Crippen LogP contribution < -0.4 is 4.74 Å². The van der Waals surface area contributed by atoms with Crippen molar-refractivity contribution in [2.24, 2.45) is 0 Å². The molecule has 0 spiro atoms. The summed E-state index contributed by atoms with van der Waals surface area (Å²) in [7, 11) is 0. The second-order valence-electron chi connectivity index (χ2n) is 9.24. The fourth-order valence-corrected chi connectivity index (χ4v) is 5.49. The lowest BCUT2D eigenvalue weighted by Gasteiger charge is -2.31. The number of ether oxygens (including phenoxy) is 1. The number of fused-ring (bicyclic) bond motifs is 5. The highest BCUT2D eigenvalue weighted by Crippen LogP contribution is 2.41. The van der Waals surface area contributed by atoms with Crippen molar-refractivity contribution in [1.29, 1.82) is 0 Å². The summed E-state index contributed by atoms with van der Waals surface area (Å²) in [6, 6.07) is 9.19.